The van der Waals surface area contributed by atoms with Crippen molar-refractivity contribution in [1.29, 1.82) is 0 Å². The lowest BCUT2D eigenvalue weighted by Crippen LogP contribution is -2.55. The Hall–Kier alpha value is -2.98. The fourth-order valence-electron chi connectivity index (χ4n) is 4.68. The van der Waals surface area contributed by atoms with E-state index in [1.165, 1.54) is 11.3 Å². The molecule has 0 unspecified atom stereocenters. The molecule has 1 aromatic rings. The summed E-state index contributed by atoms with van der Waals surface area (Å²) in [6.45, 7) is 23.3. The average molecular weight is 637 g/mol. The summed E-state index contributed by atoms with van der Waals surface area (Å²) >= 11 is 1.24. The summed E-state index contributed by atoms with van der Waals surface area (Å²) in [7, 11) is 0. The Morgan fingerprint density at radius 2 is 1.64 bits per heavy atom. The first-order chi connectivity index (χ1) is 20.7. The van der Waals surface area contributed by atoms with Gasteiger partial charge in [-0.05, 0) is 91.0 Å². The standard InChI is InChI=1S/C26H41N3O6S.C6H10.C2H6/c1-19-18-36-23(24(32)34-15-11-8-12-27-25(33)35-26(3,4)5)22(19)28-21(31)17-29(16-20(2)30)13-9-6-7-10-14-29;1-4-5-6(2)3;1-2/h18H,6-17H2,1-5H3,(H-,27,28,31,32,33);4-5H,2H2,1,3H3;1-2H3/p+1/b;5-4-;. The molecule has 0 radical (unpaired) electrons. The summed E-state index contributed by atoms with van der Waals surface area (Å²) in [5.74, 6) is -0.588. The highest BCUT2D eigenvalue weighted by molar-refractivity contribution is 7.12. The van der Waals surface area contributed by atoms with Gasteiger partial charge in [0.15, 0.2) is 12.3 Å². The molecule has 9 nitrogen and oxygen atoms in total. The Morgan fingerprint density at radius 3 is 2.14 bits per heavy atom. The third-order valence-electron chi connectivity index (χ3n) is 6.40. The maximum absolute atomic E-state index is 13.0. The third-order valence-corrected chi connectivity index (χ3v) is 7.48. The predicted octanol–water partition coefficient (Wildman–Crippen LogP) is 7.60. The number of nitrogens with one attached hydrogen (secondary N) is 2. The van der Waals surface area contributed by atoms with Crippen molar-refractivity contribution >= 4 is 40.8 Å². The molecule has 250 valence electrons. The van der Waals surface area contributed by atoms with Crippen LogP contribution in [0.25, 0.3) is 0 Å². The number of ketones is 1. The van der Waals surface area contributed by atoms with E-state index < -0.39 is 17.7 Å². The molecule has 1 fully saturated rings. The maximum atomic E-state index is 13.0. The molecular formula is C34H58N3O6S+. The number of anilines is 1. The number of aryl methyl sites for hydroxylation is 1. The number of carbonyl (C=O) groups is 4. The lowest BCUT2D eigenvalue weighted by molar-refractivity contribution is -0.912. The van der Waals surface area contributed by atoms with Gasteiger partial charge >= 0.3 is 12.1 Å². The molecule has 1 aliphatic rings. The molecule has 0 spiro atoms. The molecule has 44 heavy (non-hydrogen) atoms. The van der Waals surface area contributed by atoms with Crippen LogP contribution in [0.15, 0.2) is 29.7 Å². The fourth-order valence-corrected chi connectivity index (χ4v) is 5.58. The second-order valence-electron chi connectivity index (χ2n) is 12.0. The van der Waals surface area contributed by atoms with Crippen LogP contribution >= 0.6 is 11.3 Å². The van der Waals surface area contributed by atoms with Gasteiger partial charge in [0.25, 0.3) is 5.91 Å². The van der Waals surface area contributed by atoms with Gasteiger partial charge in [0.05, 0.1) is 25.4 Å². The number of unbranched alkanes of at least 4 members (excludes halogenated alkanes) is 1. The topological polar surface area (TPSA) is 111 Å². The first-order valence-corrected chi connectivity index (χ1v) is 16.7. The molecule has 0 saturated carbocycles. The number of thiophene rings is 1. The van der Waals surface area contributed by atoms with E-state index in [1.54, 1.807) is 27.7 Å². The highest BCUT2D eigenvalue weighted by atomic mass is 32.1. The van der Waals surface area contributed by atoms with Gasteiger partial charge in [-0.3, -0.25) is 9.59 Å². The number of esters is 1. The van der Waals surface area contributed by atoms with Gasteiger partial charge in [0.1, 0.15) is 17.0 Å². The normalized spacial score (nSPS) is 14.1. The minimum atomic E-state index is -0.547. The zero-order valence-corrected chi connectivity index (χ0v) is 29.5. The molecular weight excluding hydrogens is 578 g/mol. The van der Waals surface area contributed by atoms with Crippen molar-refractivity contribution in [2.45, 2.75) is 106 Å². The van der Waals surface area contributed by atoms with E-state index in [9.17, 15) is 19.2 Å². The van der Waals surface area contributed by atoms with Gasteiger partial charge < -0.3 is 24.6 Å². The van der Waals surface area contributed by atoms with Gasteiger partial charge in [-0.1, -0.05) is 38.2 Å². The second-order valence-corrected chi connectivity index (χ2v) is 12.9. The molecule has 2 heterocycles. The number of ether oxygens (including phenoxy) is 2. The van der Waals surface area contributed by atoms with Crippen LogP contribution in [0, 0.1) is 6.92 Å². The zero-order chi connectivity index (χ0) is 33.8. The Kier molecular flexibility index (Phi) is 20.2. The van der Waals surface area contributed by atoms with Crippen LogP contribution in [0.2, 0.25) is 0 Å². The zero-order valence-electron chi connectivity index (χ0n) is 28.7. The van der Waals surface area contributed by atoms with Gasteiger partial charge in [-0.25, -0.2) is 9.59 Å². The molecule has 10 heteroatoms. The molecule has 2 amide bonds. The van der Waals surface area contributed by atoms with E-state index in [2.05, 4.69) is 17.2 Å². The van der Waals surface area contributed by atoms with Crippen molar-refractivity contribution in [1.82, 2.24) is 5.32 Å². The number of allylic oxidation sites excluding steroid dienone is 3. The number of nitrogens with zero attached hydrogens (tertiary/aromatic N) is 1. The van der Waals surface area contributed by atoms with Crippen LogP contribution in [-0.2, 0) is 19.1 Å². The van der Waals surface area contributed by atoms with Crippen LogP contribution in [0.3, 0.4) is 0 Å². The minimum absolute atomic E-state index is 0.0852. The molecule has 0 aromatic carbocycles. The van der Waals surface area contributed by atoms with Gasteiger partial charge in [0.2, 0.25) is 0 Å². The van der Waals surface area contributed by atoms with E-state index >= 15 is 0 Å². The highest BCUT2D eigenvalue weighted by Gasteiger charge is 2.33. The second kappa shape index (κ2) is 21.7. The fraction of sp³-hybridized carbons (Fsp3) is 0.647. The van der Waals surface area contributed by atoms with Crippen LogP contribution in [-0.4, -0.2) is 73.2 Å². The number of Topliss-reactive ketones (excluding diaryl/α,β-unsaturated/α-hetero) is 1. The lowest BCUT2D eigenvalue weighted by Gasteiger charge is -2.36. The number of hydrogen-bond acceptors (Lipinski definition) is 7. The van der Waals surface area contributed by atoms with Crippen molar-refractivity contribution < 1.29 is 33.1 Å². The van der Waals surface area contributed by atoms with Crippen molar-refractivity contribution in [2.24, 2.45) is 0 Å². The highest BCUT2D eigenvalue weighted by Crippen LogP contribution is 2.29. The third kappa shape index (κ3) is 18.0. The summed E-state index contributed by atoms with van der Waals surface area (Å²) < 4.78 is 11.1. The number of amides is 2. The number of quaternary nitrogens is 1. The molecule has 1 aliphatic heterocycles. The minimum Gasteiger partial charge on any atom is -0.461 e. The smallest absolute Gasteiger partial charge is 0.407 e. The maximum Gasteiger partial charge on any atom is 0.407 e. The van der Waals surface area contributed by atoms with Gasteiger partial charge in [-0.2, -0.15) is 0 Å². The molecule has 2 rings (SSSR count). The molecule has 0 bridgehead atoms. The molecule has 0 aliphatic carbocycles. The summed E-state index contributed by atoms with van der Waals surface area (Å²) in [5.41, 5.74) is 1.85. The molecule has 2 N–H and O–H groups in total. The van der Waals surface area contributed by atoms with Crippen LogP contribution < -0.4 is 10.6 Å². The molecule has 1 aromatic heterocycles. The van der Waals surface area contributed by atoms with E-state index in [-0.39, 0.29) is 24.8 Å². The summed E-state index contributed by atoms with van der Waals surface area (Å²) in [5, 5.41) is 7.43. The van der Waals surface area contributed by atoms with Gasteiger partial charge in [0, 0.05) is 13.5 Å². The summed E-state index contributed by atoms with van der Waals surface area (Å²) in [6.07, 6.45) is 8.94. The lowest BCUT2D eigenvalue weighted by atomic mass is 10.2. The van der Waals surface area contributed by atoms with Crippen LogP contribution in [0.1, 0.15) is 109 Å². The SMILES string of the molecule is C=C(C)/C=C\C.CC.CC(=O)C[N+]1(CC(=O)Nc2c(C)csc2C(=O)OCCCCNC(=O)OC(C)(C)C)CCCCCC1. The van der Waals surface area contributed by atoms with Gasteiger partial charge in [-0.15, -0.1) is 11.3 Å². The van der Waals surface area contributed by atoms with Crippen LogP contribution in [0.4, 0.5) is 10.5 Å². The number of carbonyl (C=O) groups excluding carboxylic acids is 4. The molecule has 1 saturated heterocycles. The van der Waals surface area contributed by atoms with Crippen LogP contribution in [0.5, 0.6) is 0 Å². The Morgan fingerprint density at radius 1 is 1.02 bits per heavy atom. The number of likely N-dealkylation sites (tertiary alicyclic amines) is 1. The summed E-state index contributed by atoms with van der Waals surface area (Å²) in [6, 6.07) is 0. The van der Waals surface area contributed by atoms with Crippen molar-refractivity contribution in [2.75, 3.05) is 44.6 Å². The molecule has 0 atom stereocenters. The van der Waals surface area contributed by atoms with Crippen molar-refractivity contribution in [3.63, 3.8) is 0 Å². The monoisotopic (exact) mass is 636 g/mol. The number of alkyl carbamates (subject to hydrolysis) is 1. The van der Waals surface area contributed by atoms with Crippen molar-refractivity contribution in [3.05, 3.63) is 40.1 Å². The quantitative estimate of drug-likeness (QED) is 0.106. The number of rotatable bonds is 12. The average Bonchev–Trinajstić information content (AvgIpc) is 3.12. The first kappa shape index (κ1) is 41.0. The number of hydrogen-bond donors (Lipinski definition) is 2. The predicted molar refractivity (Wildman–Crippen MR) is 181 cm³/mol. The Balaban J connectivity index is 0.00000206. The largest absolute Gasteiger partial charge is 0.461 e. The Labute approximate surface area is 270 Å². The van der Waals surface area contributed by atoms with E-state index in [1.807, 2.05) is 52.2 Å². The Bertz CT molecular complexity index is 1080. The van der Waals surface area contributed by atoms with E-state index in [0.29, 0.717) is 41.0 Å². The summed E-state index contributed by atoms with van der Waals surface area (Å²) in [4.78, 5) is 49.7. The van der Waals surface area contributed by atoms with E-state index in [0.717, 1.165) is 49.9 Å². The van der Waals surface area contributed by atoms with E-state index in [4.69, 9.17) is 9.47 Å². The van der Waals surface area contributed by atoms with Crippen molar-refractivity contribution in [3.8, 4) is 0 Å². The first-order valence-electron chi connectivity index (χ1n) is 15.8.